The number of ether oxygens (including phenoxy) is 1. The zero-order valence-corrected chi connectivity index (χ0v) is 10.0. The van der Waals surface area contributed by atoms with Gasteiger partial charge >= 0.3 is 6.18 Å². The van der Waals surface area contributed by atoms with Crippen LogP contribution < -0.4 is 5.32 Å². The molecule has 2 N–H and O–H groups in total. The Labute approximate surface area is 103 Å². The van der Waals surface area contributed by atoms with E-state index in [1.165, 1.54) is 0 Å². The molecular weight excluding hydrogens is 251 g/mol. The van der Waals surface area contributed by atoms with Crippen molar-refractivity contribution in [3.8, 4) is 0 Å². The first-order valence-electron chi connectivity index (χ1n) is 5.98. The number of amides is 1. The molecule has 7 heteroatoms. The van der Waals surface area contributed by atoms with Crippen LogP contribution in [0.4, 0.5) is 13.2 Å². The summed E-state index contributed by atoms with van der Waals surface area (Å²) in [5, 5.41) is 12.1. The van der Waals surface area contributed by atoms with Gasteiger partial charge in [0.1, 0.15) is 6.61 Å². The van der Waals surface area contributed by atoms with Gasteiger partial charge < -0.3 is 15.2 Å². The highest BCUT2D eigenvalue weighted by Gasteiger charge is 2.27. The molecule has 1 rings (SSSR count). The van der Waals surface area contributed by atoms with Crippen molar-refractivity contribution >= 4 is 5.91 Å². The summed E-state index contributed by atoms with van der Waals surface area (Å²) in [4.78, 5) is 11.3. The molecule has 2 atom stereocenters. The molecule has 0 aromatic rings. The van der Waals surface area contributed by atoms with E-state index in [1.54, 1.807) is 0 Å². The van der Waals surface area contributed by atoms with E-state index >= 15 is 0 Å². The molecule has 0 bridgehead atoms. The number of carbonyl (C=O) groups excluding carboxylic acids is 1. The van der Waals surface area contributed by atoms with E-state index in [9.17, 15) is 23.1 Å². The number of hydrogen-bond acceptors (Lipinski definition) is 3. The second kappa shape index (κ2) is 6.94. The van der Waals surface area contributed by atoms with Gasteiger partial charge in [-0.05, 0) is 12.8 Å². The Morgan fingerprint density at radius 3 is 2.67 bits per heavy atom. The summed E-state index contributed by atoms with van der Waals surface area (Å²) < 4.78 is 39.5. The Hall–Kier alpha value is -0.820. The van der Waals surface area contributed by atoms with Gasteiger partial charge in [0, 0.05) is 18.9 Å². The Morgan fingerprint density at radius 2 is 2.11 bits per heavy atom. The fourth-order valence-corrected chi connectivity index (χ4v) is 1.94. The SMILES string of the molecule is O=C(CCOCC(F)(F)F)NCC1CCCC1O. The minimum Gasteiger partial charge on any atom is -0.393 e. The lowest BCUT2D eigenvalue weighted by Crippen LogP contribution is -2.33. The molecule has 0 heterocycles. The first kappa shape index (κ1) is 15.2. The fourth-order valence-electron chi connectivity index (χ4n) is 1.94. The average Bonchev–Trinajstić information content (AvgIpc) is 2.66. The molecule has 0 aliphatic heterocycles. The third kappa shape index (κ3) is 6.20. The maximum Gasteiger partial charge on any atom is 0.411 e. The number of alkyl halides is 3. The first-order valence-corrected chi connectivity index (χ1v) is 5.98. The van der Waals surface area contributed by atoms with Crippen molar-refractivity contribution in [2.75, 3.05) is 19.8 Å². The van der Waals surface area contributed by atoms with E-state index in [0.29, 0.717) is 6.54 Å². The van der Waals surface area contributed by atoms with Crippen LogP contribution in [0, 0.1) is 5.92 Å². The second-order valence-corrected chi connectivity index (χ2v) is 4.48. The molecule has 4 nitrogen and oxygen atoms in total. The molecule has 0 aromatic heterocycles. The van der Waals surface area contributed by atoms with Crippen molar-refractivity contribution in [3.63, 3.8) is 0 Å². The molecule has 1 amide bonds. The largest absolute Gasteiger partial charge is 0.411 e. The maximum atomic E-state index is 11.7. The van der Waals surface area contributed by atoms with Crippen molar-refractivity contribution in [1.29, 1.82) is 0 Å². The zero-order valence-electron chi connectivity index (χ0n) is 10.0. The van der Waals surface area contributed by atoms with Crippen LogP contribution in [0.3, 0.4) is 0 Å². The van der Waals surface area contributed by atoms with Crippen LogP contribution in [0.25, 0.3) is 0 Å². The molecule has 18 heavy (non-hydrogen) atoms. The lowest BCUT2D eigenvalue weighted by molar-refractivity contribution is -0.174. The Balaban J connectivity index is 2.04. The molecule has 2 unspecified atom stereocenters. The number of nitrogens with one attached hydrogen (secondary N) is 1. The van der Waals surface area contributed by atoms with Gasteiger partial charge in [0.15, 0.2) is 0 Å². The van der Waals surface area contributed by atoms with E-state index in [4.69, 9.17) is 0 Å². The molecule has 0 spiro atoms. The van der Waals surface area contributed by atoms with Crippen LogP contribution in [0.15, 0.2) is 0 Å². The molecule has 1 fully saturated rings. The number of hydrogen-bond donors (Lipinski definition) is 2. The van der Waals surface area contributed by atoms with Crippen molar-refractivity contribution in [1.82, 2.24) is 5.32 Å². The maximum absolute atomic E-state index is 11.7. The summed E-state index contributed by atoms with van der Waals surface area (Å²) in [5.74, 6) is -0.290. The summed E-state index contributed by atoms with van der Waals surface area (Å²) >= 11 is 0. The van der Waals surface area contributed by atoms with E-state index in [2.05, 4.69) is 10.1 Å². The second-order valence-electron chi connectivity index (χ2n) is 4.48. The van der Waals surface area contributed by atoms with Crippen LogP contribution in [-0.4, -0.2) is 43.1 Å². The minimum absolute atomic E-state index is 0.0602. The van der Waals surface area contributed by atoms with E-state index < -0.39 is 12.8 Å². The molecule has 0 aromatic carbocycles. The van der Waals surface area contributed by atoms with E-state index in [1.807, 2.05) is 0 Å². The standard InChI is InChI=1S/C11H18F3NO3/c12-11(13,14)7-18-5-4-10(17)15-6-8-2-1-3-9(8)16/h8-9,16H,1-7H2,(H,15,17). The highest BCUT2D eigenvalue weighted by molar-refractivity contribution is 5.75. The van der Waals surface area contributed by atoms with Crippen LogP contribution in [-0.2, 0) is 9.53 Å². The van der Waals surface area contributed by atoms with Gasteiger partial charge in [-0.3, -0.25) is 4.79 Å². The fraction of sp³-hybridized carbons (Fsp3) is 0.909. The molecule has 0 saturated heterocycles. The Kier molecular flexibility index (Phi) is 5.87. The normalized spacial score (nSPS) is 24.2. The van der Waals surface area contributed by atoms with Crippen molar-refractivity contribution in [2.24, 2.45) is 5.92 Å². The number of halogens is 3. The highest BCUT2D eigenvalue weighted by atomic mass is 19.4. The Bertz CT molecular complexity index is 271. The molecule has 1 saturated carbocycles. The van der Waals surface area contributed by atoms with Crippen LogP contribution in [0.5, 0.6) is 0 Å². The lowest BCUT2D eigenvalue weighted by Gasteiger charge is -2.15. The molecular formula is C11H18F3NO3. The minimum atomic E-state index is -4.36. The third-order valence-corrected chi connectivity index (χ3v) is 2.92. The number of rotatable bonds is 6. The van der Waals surface area contributed by atoms with Gasteiger partial charge in [-0.25, -0.2) is 0 Å². The summed E-state index contributed by atoms with van der Waals surface area (Å²) in [7, 11) is 0. The predicted molar refractivity (Wildman–Crippen MR) is 57.8 cm³/mol. The van der Waals surface area contributed by atoms with E-state index in [0.717, 1.165) is 19.3 Å². The van der Waals surface area contributed by atoms with Crippen LogP contribution >= 0.6 is 0 Å². The summed E-state index contributed by atoms with van der Waals surface area (Å²) in [6.45, 7) is -1.21. The summed E-state index contributed by atoms with van der Waals surface area (Å²) in [5.41, 5.74) is 0. The zero-order chi connectivity index (χ0) is 13.6. The average molecular weight is 269 g/mol. The first-order chi connectivity index (χ1) is 8.38. The number of aliphatic hydroxyl groups excluding tert-OH is 1. The van der Waals surface area contributed by atoms with Gasteiger partial charge in [-0.15, -0.1) is 0 Å². The van der Waals surface area contributed by atoms with Gasteiger partial charge in [0.05, 0.1) is 12.7 Å². The molecule has 1 aliphatic rings. The predicted octanol–water partition coefficient (Wildman–Crippen LogP) is 1.23. The topological polar surface area (TPSA) is 58.6 Å². The van der Waals surface area contributed by atoms with Crippen molar-refractivity contribution < 1.29 is 27.8 Å². The van der Waals surface area contributed by atoms with Crippen molar-refractivity contribution in [3.05, 3.63) is 0 Å². The number of carbonyl (C=O) groups is 1. The van der Waals surface area contributed by atoms with E-state index in [-0.39, 0.29) is 31.0 Å². The van der Waals surface area contributed by atoms with Crippen LogP contribution in [0.1, 0.15) is 25.7 Å². The molecule has 1 aliphatic carbocycles. The Morgan fingerprint density at radius 1 is 1.39 bits per heavy atom. The number of aliphatic hydroxyl groups is 1. The quantitative estimate of drug-likeness (QED) is 0.713. The van der Waals surface area contributed by atoms with Gasteiger partial charge in [0.25, 0.3) is 0 Å². The highest BCUT2D eigenvalue weighted by Crippen LogP contribution is 2.24. The molecule has 0 radical (unpaired) electrons. The summed E-state index contributed by atoms with van der Waals surface area (Å²) in [6.07, 6.45) is -2.28. The third-order valence-electron chi connectivity index (χ3n) is 2.92. The van der Waals surface area contributed by atoms with Crippen LogP contribution in [0.2, 0.25) is 0 Å². The monoisotopic (exact) mass is 269 g/mol. The van der Waals surface area contributed by atoms with Gasteiger partial charge in [-0.1, -0.05) is 6.42 Å². The van der Waals surface area contributed by atoms with Crippen molar-refractivity contribution in [2.45, 2.75) is 38.0 Å². The summed E-state index contributed by atoms with van der Waals surface area (Å²) in [6, 6.07) is 0. The van der Waals surface area contributed by atoms with Gasteiger partial charge in [-0.2, -0.15) is 13.2 Å². The van der Waals surface area contributed by atoms with Gasteiger partial charge in [0.2, 0.25) is 5.91 Å². The lowest BCUT2D eigenvalue weighted by atomic mass is 10.1. The smallest absolute Gasteiger partial charge is 0.393 e. The molecule has 106 valence electrons.